The monoisotopic (exact) mass is 220 g/mol. The first-order valence-corrected chi connectivity index (χ1v) is 5.76. The Morgan fingerprint density at radius 3 is 2.69 bits per heavy atom. The summed E-state index contributed by atoms with van der Waals surface area (Å²) in [5.74, 6) is 0.634. The number of rotatable bonds is 5. The predicted molar refractivity (Wildman–Crippen MR) is 66.5 cm³/mol. The fraction of sp³-hybridized carbons (Fsp3) is 0.429. The summed E-state index contributed by atoms with van der Waals surface area (Å²) in [4.78, 5) is 0. The summed E-state index contributed by atoms with van der Waals surface area (Å²) in [6.45, 7) is 4.06. The molecule has 2 nitrogen and oxygen atoms in total. The summed E-state index contributed by atoms with van der Waals surface area (Å²) >= 11 is 0. The van der Waals surface area contributed by atoms with Crippen molar-refractivity contribution in [2.45, 2.75) is 39.2 Å². The quantitative estimate of drug-likeness (QED) is 0.747. The zero-order valence-electron chi connectivity index (χ0n) is 9.98. The van der Waals surface area contributed by atoms with Crippen LogP contribution in [0.15, 0.2) is 30.4 Å². The van der Waals surface area contributed by atoms with E-state index in [0.717, 1.165) is 12.8 Å². The molecule has 0 fully saturated rings. The van der Waals surface area contributed by atoms with Gasteiger partial charge >= 0.3 is 0 Å². The molecule has 0 saturated carbocycles. The number of phenols is 1. The fourth-order valence-electron chi connectivity index (χ4n) is 1.82. The van der Waals surface area contributed by atoms with Gasteiger partial charge in [-0.05, 0) is 43.4 Å². The molecular formula is C14H20O2. The molecule has 0 bridgehead atoms. The van der Waals surface area contributed by atoms with E-state index in [0.29, 0.717) is 11.5 Å². The summed E-state index contributed by atoms with van der Waals surface area (Å²) in [6, 6.07) is 5.50. The standard InChI is InChI=1S/C14H20O2/c1-3-5-6-11(4-2)12-7-8-14(16)13(9-12)10-15/h3,5,7-9,11,15-16H,4,6,10H2,1-2H3/b5-3-. The third kappa shape index (κ3) is 3.11. The molecule has 0 spiro atoms. The Morgan fingerprint density at radius 1 is 1.38 bits per heavy atom. The van der Waals surface area contributed by atoms with Gasteiger partial charge < -0.3 is 10.2 Å². The molecule has 0 aliphatic heterocycles. The number of aromatic hydroxyl groups is 1. The third-order valence-corrected chi connectivity index (χ3v) is 2.89. The molecule has 0 aliphatic carbocycles. The average Bonchev–Trinajstić information content (AvgIpc) is 2.32. The van der Waals surface area contributed by atoms with E-state index in [4.69, 9.17) is 5.11 Å². The smallest absolute Gasteiger partial charge is 0.121 e. The van der Waals surface area contributed by atoms with Crippen molar-refractivity contribution in [2.24, 2.45) is 0 Å². The Hall–Kier alpha value is -1.28. The van der Waals surface area contributed by atoms with Crippen molar-refractivity contribution in [1.29, 1.82) is 0 Å². The van der Waals surface area contributed by atoms with Gasteiger partial charge in [-0.1, -0.05) is 25.1 Å². The van der Waals surface area contributed by atoms with Crippen LogP contribution in [0.3, 0.4) is 0 Å². The molecule has 16 heavy (non-hydrogen) atoms. The SMILES string of the molecule is C/C=C\CC(CC)c1ccc(O)c(CO)c1. The van der Waals surface area contributed by atoms with Crippen molar-refractivity contribution in [2.75, 3.05) is 0 Å². The van der Waals surface area contributed by atoms with Crippen molar-refractivity contribution in [1.82, 2.24) is 0 Å². The molecule has 1 atom stereocenters. The Labute approximate surface area is 97.2 Å². The van der Waals surface area contributed by atoms with E-state index in [2.05, 4.69) is 19.1 Å². The lowest BCUT2D eigenvalue weighted by Crippen LogP contribution is -1.97. The van der Waals surface area contributed by atoms with E-state index < -0.39 is 0 Å². The van der Waals surface area contributed by atoms with Crippen LogP contribution >= 0.6 is 0 Å². The van der Waals surface area contributed by atoms with Crippen molar-refractivity contribution >= 4 is 0 Å². The van der Waals surface area contributed by atoms with Gasteiger partial charge in [0, 0.05) is 5.56 Å². The summed E-state index contributed by atoms with van der Waals surface area (Å²) < 4.78 is 0. The van der Waals surface area contributed by atoms with Crippen LogP contribution in [0.1, 0.15) is 43.7 Å². The van der Waals surface area contributed by atoms with Gasteiger partial charge in [-0.3, -0.25) is 0 Å². The van der Waals surface area contributed by atoms with Crippen LogP contribution in [-0.4, -0.2) is 10.2 Å². The number of hydrogen-bond acceptors (Lipinski definition) is 2. The first kappa shape index (κ1) is 12.8. The van der Waals surface area contributed by atoms with E-state index in [1.807, 2.05) is 19.1 Å². The Morgan fingerprint density at radius 2 is 2.12 bits per heavy atom. The zero-order chi connectivity index (χ0) is 12.0. The van der Waals surface area contributed by atoms with Gasteiger partial charge in [-0.25, -0.2) is 0 Å². The lowest BCUT2D eigenvalue weighted by atomic mass is 9.91. The van der Waals surface area contributed by atoms with E-state index in [1.165, 1.54) is 5.56 Å². The molecule has 1 aromatic carbocycles. The van der Waals surface area contributed by atoms with Gasteiger partial charge in [-0.15, -0.1) is 0 Å². The number of hydrogen-bond donors (Lipinski definition) is 2. The van der Waals surface area contributed by atoms with Gasteiger partial charge in [0.15, 0.2) is 0 Å². The largest absolute Gasteiger partial charge is 0.508 e. The second-order valence-electron chi connectivity index (χ2n) is 3.96. The minimum atomic E-state index is -0.111. The number of allylic oxidation sites excluding steroid dienone is 2. The van der Waals surface area contributed by atoms with Crippen molar-refractivity contribution in [3.05, 3.63) is 41.5 Å². The molecular weight excluding hydrogens is 200 g/mol. The molecule has 0 amide bonds. The van der Waals surface area contributed by atoms with Gasteiger partial charge in [-0.2, -0.15) is 0 Å². The number of aliphatic hydroxyl groups excluding tert-OH is 1. The first-order chi connectivity index (χ1) is 7.72. The maximum atomic E-state index is 9.49. The highest BCUT2D eigenvalue weighted by Crippen LogP contribution is 2.28. The van der Waals surface area contributed by atoms with Gasteiger partial charge in [0.1, 0.15) is 5.75 Å². The third-order valence-electron chi connectivity index (χ3n) is 2.89. The van der Waals surface area contributed by atoms with E-state index in [1.54, 1.807) is 6.07 Å². The Bertz CT molecular complexity index is 356. The van der Waals surface area contributed by atoms with Crippen LogP contribution in [0.25, 0.3) is 0 Å². The maximum Gasteiger partial charge on any atom is 0.121 e. The molecule has 88 valence electrons. The maximum absolute atomic E-state index is 9.49. The Kier molecular flexibility index (Phi) is 5.06. The molecule has 1 unspecified atom stereocenters. The molecule has 0 aromatic heterocycles. The topological polar surface area (TPSA) is 40.5 Å². The van der Waals surface area contributed by atoms with Crippen LogP contribution in [0.5, 0.6) is 5.75 Å². The highest BCUT2D eigenvalue weighted by molar-refractivity contribution is 5.37. The molecule has 0 radical (unpaired) electrons. The number of benzene rings is 1. The molecule has 2 N–H and O–H groups in total. The lowest BCUT2D eigenvalue weighted by Gasteiger charge is -2.14. The summed E-state index contributed by atoms with van der Waals surface area (Å²) in [5.41, 5.74) is 1.79. The van der Waals surface area contributed by atoms with E-state index in [-0.39, 0.29) is 12.4 Å². The van der Waals surface area contributed by atoms with Crippen molar-refractivity contribution in [3.63, 3.8) is 0 Å². The molecule has 1 aromatic rings. The lowest BCUT2D eigenvalue weighted by molar-refractivity contribution is 0.275. The van der Waals surface area contributed by atoms with Crippen LogP contribution in [0.4, 0.5) is 0 Å². The molecule has 0 saturated heterocycles. The van der Waals surface area contributed by atoms with Crippen molar-refractivity contribution < 1.29 is 10.2 Å². The normalized spacial score (nSPS) is 13.2. The van der Waals surface area contributed by atoms with Crippen LogP contribution < -0.4 is 0 Å². The molecule has 1 rings (SSSR count). The van der Waals surface area contributed by atoms with E-state index >= 15 is 0 Å². The highest BCUT2D eigenvalue weighted by Gasteiger charge is 2.10. The van der Waals surface area contributed by atoms with Crippen molar-refractivity contribution in [3.8, 4) is 5.75 Å². The highest BCUT2D eigenvalue weighted by atomic mass is 16.3. The number of aliphatic hydroxyl groups is 1. The average molecular weight is 220 g/mol. The van der Waals surface area contributed by atoms with Crippen LogP contribution in [0, 0.1) is 0 Å². The molecule has 0 aliphatic rings. The van der Waals surface area contributed by atoms with Crippen LogP contribution in [-0.2, 0) is 6.61 Å². The fourth-order valence-corrected chi connectivity index (χ4v) is 1.82. The molecule has 2 heteroatoms. The molecule has 0 heterocycles. The minimum Gasteiger partial charge on any atom is -0.508 e. The van der Waals surface area contributed by atoms with Gasteiger partial charge in [0.05, 0.1) is 6.61 Å². The van der Waals surface area contributed by atoms with Gasteiger partial charge in [0.2, 0.25) is 0 Å². The minimum absolute atomic E-state index is 0.111. The van der Waals surface area contributed by atoms with E-state index in [9.17, 15) is 5.11 Å². The Balaban J connectivity index is 2.92. The van der Waals surface area contributed by atoms with Crippen LogP contribution in [0.2, 0.25) is 0 Å². The summed E-state index contributed by atoms with van der Waals surface area (Å²) in [7, 11) is 0. The zero-order valence-corrected chi connectivity index (χ0v) is 9.98. The summed E-state index contributed by atoms with van der Waals surface area (Å²) in [5, 5.41) is 18.6. The van der Waals surface area contributed by atoms with Gasteiger partial charge in [0.25, 0.3) is 0 Å². The first-order valence-electron chi connectivity index (χ1n) is 5.76. The summed E-state index contributed by atoms with van der Waals surface area (Å²) in [6.07, 6.45) is 6.26. The predicted octanol–water partition coefficient (Wildman–Crippen LogP) is 3.34. The second kappa shape index (κ2) is 6.33. The second-order valence-corrected chi connectivity index (χ2v) is 3.96.